The van der Waals surface area contributed by atoms with Crippen LogP contribution < -0.4 is 31.4 Å². The van der Waals surface area contributed by atoms with Gasteiger partial charge in [0.1, 0.15) is 18.1 Å². The molecule has 3 rings (SSSR count). The third-order valence-electron chi connectivity index (χ3n) is 5.22. The van der Waals surface area contributed by atoms with Crippen molar-refractivity contribution in [3.63, 3.8) is 0 Å². The Morgan fingerprint density at radius 1 is 1.10 bits per heavy atom. The normalized spacial score (nSPS) is 10.4. The maximum absolute atomic E-state index is 9.40. The summed E-state index contributed by atoms with van der Waals surface area (Å²) in [4.78, 5) is 6.31. The van der Waals surface area contributed by atoms with E-state index in [1.54, 1.807) is 37.8 Å². The van der Waals surface area contributed by atoms with E-state index in [2.05, 4.69) is 51.0 Å². The number of aromatic nitrogens is 1. The molecule has 0 aliphatic rings. The molecule has 0 atom stereocenters. The Bertz CT molecular complexity index is 1230. The summed E-state index contributed by atoms with van der Waals surface area (Å²) < 4.78 is 6.05. The van der Waals surface area contributed by atoms with E-state index in [9.17, 15) is 5.11 Å². The van der Waals surface area contributed by atoms with E-state index < -0.39 is 0 Å². The number of rotatable bonds is 10. The number of nitrogens with one attached hydrogen (secondary N) is 3. The summed E-state index contributed by atoms with van der Waals surface area (Å²) in [5, 5.41) is 19.5. The van der Waals surface area contributed by atoms with Gasteiger partial charge in [0, 0.05) is 49.9 Å². The van der Waals surface area contributed by atoms with Gasteiger partial charge in [-0.2, -0.15) is 5.10 Å². The molecular formula is C28H35N7O2S2. The molecule has 0 unspecified atom stereocenters. The largest absolute Gasteiger partial charge is 0.508 e. The monoisotopic (exact) mass is 565 g/mol. The Labute approximate surface area is 240 Å². The number of phenols is 1. The third kappa shape index (κ3) is 11.8. The van der Waals surface area contributed by atoms with Crippen LogP contribution in [0.5, 0.6) is 11.5 Å². The van der Waals surface area contributed by atoms with Gasteiger partial charge in [-0.25, -0.2) is 0 Å². The first-order valence-electron chi connectivity index (χ1n) is 12.3. The van der Waals surface area contributed by atoms with Gasteiger partial charge in [-0.3, -0.25) is 10.4 Å². The van der Waals surface area contributed by atoms with Crippen LogP contribution in [-0.2, 0) is 6.61 Å². The maximum Gasteiger partial charge on any atom is 0.186 e. The standard InChI is InChI=1S/C20H25N3O2S.C8H10N4S/c1-3-23(4-2)17-8-7-16(11-12-22-20(21)26)19(13-17)25-14-15-5-9-18(24)10-6-15;1-9-8(13)12-11-6-7-4-2-3-5-10-7/h5-13,24H,3-4,14H2,1-2H3,(H3,21,22,26);2-6H,1H3,(H2,9,12,13)/b12-11+;11-6+. The first-order valence-corrected chi connectivity index (χ1v) is 13.1. The number of hydrogen-bond acceptors (Lipinski definition) is 7. The number of hydrogen-bond donors (Lipinski definition) is 5. The van der Waals surface area contributed by atoms with Crippen LogP contribution in [0.2, 0.25) is 0 Å². The first kappa shape index (κ1) is 31.0. The second-order valence-electron chi connectivity index (χ2n) is 7.90. The number of pyridine rings is 1. The van der Waals surface area contributed by atoms with Gasteiger partial charge in [0.15, 0.2) is 10.2 Å². The van der Waals surface area contributed by atoms with E-state index in [1.165, 1.54) is 0 Å². The zero-order valence-corrected chi connectivity index (χ0v) is 23.9. The smallest absolute Gasteiger partial charge is 0.186 e. The van der Waals surface area contributed by atoms with Crippen LogP contribution in [-0.4, -0.2) is 46.7 Å². The van der Waals surface area contributed by atoms with Gasteiger partial charge in [0.25, 0.3) is 0 Å². The third-order valence-corrected chi connectivity index (χ3v) is 5.64. The lowest BCUT2D eigenvalue weighted by atomic mass is 10.1. The molecule has 1 heterocycles. The van der Waals surface area contributed by atoms with E-state index in [0.717, 1.165) is 41.3 Å². The fraction of sp³-hybridized carbons (Fsp3) is 0.214. The minimum atomic E-state index is 0.215. The van der Waals surface area contributed by atoms with Gasteiger partial charge in [-0.1, -0.05) is 18.2 Å². The summed E-state index contributed by atoms with van der Waals surface area (Å²) in [6.07, 6.45) is 6.88. The Morgan fingerprint density at radius 2 is 1.85 bits per heavy atom. The van der Waals surface area contributed by atoms with Crippen LogP contribution in [0.25, 0.3) is 6.08 Å². The van der Waals surface area contributed by atoms with E-state index >= 15 is 0 Å². The van der Waals surface area contributed by atoms with Crippen LogP contribution in [0.3, 0.4) is 0 Å². The molecule has 2 aromatic carbocycles. The number of phenolic OH excluding ortho intramolecular Hbond substituents is 1. The number of nitrogens with zero attached hydrogens (tertiary/aromatic N) is 3. The highest BCUT2D eigenvalue weighted by Gasteiger charge is 2.08. The summed E-state index contributed by atoms with van der Waals surface area (Å²) >= 11 is 9.63. The molecule has 0 radical (unpaired) electrons. The lowest BCUT2D eigenvalue weighted by Gasteiger charge is -2.22. The molecule has 0 amide bonds. The Morgan fingerprint density at radius 3 is 2.46 bits per heavy atom. The van der Waals surface area contributed by atoms with Crippen molar-refractivity contribution < 1.29 is 9.84 Å². The average Bonchev–Trinajstić information content (AvgIpc) is 2.95. The van der Waals surface area contributed by atoms with Crippen molar-refractivity contribution in [2.24, 2.45) is 10.8 Å². The summed E-state index contributed by atoms with van der Waals surface area (Å²) in [5.41, 5.74) is 11.9. The van der Waals surface area contributed by atoms with Crippen molar-refractivity contribution in [2.45, 2.75) is 20.5 Å². The van der Waals surface area contributed by atoms with Crippen LogP contribution >= 0.6 is 24.4 Å². The van der Waals surface area contributed by atoms with E-state index in [4.69, 9.17) is 34.9 Å². The van der Waals surface area contributed by atoms with Crippen LogP contribution in [0.1, 0.15) is 30.7 Å². The zero-order valence-electron chi connectivity index (χ0n) is 22.3. The van der Waals surface area contributed by atoms with Crippen molar-refractivity contribution in [2.75, 3.05) is 25.0 Å². The number of hydrazone groups is 1. The lowest BCUT2D eigenvalue weighted by molar-refractivity contribution is 0.305. The van der Waals surface area contributed by atoms with Crippen LogP contribution in [0.4, 0.5) is 5.69 Å². The summed E-state index contributed by atoms with van der Waals surface area (Å²) in [6.45, 7) is 6.50. The molecule has 3 aromatic rings. The Hall–Kier alpha value is -4.22. The highest BCUT2D eigenvalue weighted by atomic mass is 32.1. The maximum atomic E-state index is 9.40. The zero-order chi connectivity index (χ0) is 28.5. The average molecular weight is 566 g/mol. The molecule has 11 heteroatoms. The predicted octanol–water partition coefficient (Wildman–Crippen LogP) is 4.13. The van der Waals surface area contributed by atoms with E-state index in [1.807, 2.05) is 48.5 Å². The topological polar surface area (TPSA) is 120 Å². The lowest BCUT2D eigenvalue weighted by Crippen LogP contribution is -2.28. The molecule has 6 N–H and O–H groups in total. The highest BCUT2D eigenvalue weighted by molar-refractivity contribution is 7.80. The van der Waals surface area contributed by atoms with Gasteiger partial charge in [-0.05, 0) is 86.3 Å². The SMILES string of the molecule is CCN(CC)c1ccc(/C=C/NC(N)=S)c(OCc2ccc(O)cc2)c1.CNC(=S)N/N=C/c1ccccn1. The fourth-order valence-electron chi connectivity index (χ4n) is 3.20. The molecule has 0 saturated heterocycles. The number of benzene rings is 2. The number of anilines is 1. The molecule has 0 spiro atoms. The Kier molecular flexibility index (Phi) is 13.8. The molecule has 0 fully saturated rings. The van der Waals surface area contributed by atoms with Crippen molar-refractivity contribution in [3.05, 3.63) is 89.9 Å². The van der Waals surface area contributed by atoms with Crippen LogP contribution in [0, 0.1) is 0 Å². The summed E-state index contributed by atoms with van der Waals surface area (Å²) in [7, 11) is 1.73. The van der Waals surface area contributed by atoms with Crippen molar-refractivity contribution >= 4 is 52.6 Å². The molecule has 0 aliphatic heterocycles. The molecule has 206 valence electrons. The molecule has 1 aromatic heterocycles. The molecule has 39 heavy (non-hydrogen) atoms. The number of ether oxygens (including phenoxy) is 1. The van der Waals surface area contributed by atoms with Crippen LogP contribution in [0.15, 0.2) is 78.2 Å². The van der Waals surface area contributed by atoms with E-state index in [-0.39, 0.29) is 10.9 Å². The summed E-state index contributed by atoms with van der Waals surface area (Å²) in [6, 6.07) is 18.7. The van der Waals surface area contributed by atoms with Gasteiger partial charge in [-0.15, -0.1) is 0 Å². The molecule has 9 nitrogen and oxygen atoms in total. The number of thiocarbonyl (C=S) groups is 2. The van der Waals surface area contributed by atoms with Crippen molar-refractivity contribution in [1.29, 1.82) is 0 Å². The predicted molar refractivity (Wildman–Crippen MR) is 168 cm³/mol. The van der Waals surface area contributed by atoms with Gasteiger partial charge in [0.2, 0.25) is 0 Å². The molecule has 0 aliphatic carbocycles. The van der Waals surface area contributed by atoms with E-state index in [0.29, 0.717) is 11.7 Å². The molecular weight excluding hydrogens is 530 g/mol. The molecule has 0 bridgehead atoms. The van der Waals surface area contributed by atoms with Gasteiger partial charge < -0.3 is 31.1 Å². The minimum Gasteiger partial charge on any atom is -0.508 e. The fourth-order valence-corrected chi connectivity index (χ4v) is 3.32. The quantitative estimate of drug-likeness (QED) is 0.139. The second kappa shape index (κ2) is 17.3. The number of nitrogens with two attached hydrogens (primary N) is 1. The van der Waals surface area contributed by atoms with Gasteiger partial charge >= 0.3 is 0 Å². The first-order chi connectivity index (χ1) is 18.9. The Balaban J connectivity index is 0.000000344. The highest BCUT2D eigenvalue weighted by Crippen LogP contribution is 2.28. The summed E-state index contributed by atoms with van der Waals surface area (Å²) in [5.74, 6) is 1.01. The number of aromatic hydroxyl groups is 1. The van der Waals surface area contributed by atoms with Crippen molar-refractivity contribution in [3.8, 4) is 11.5 Å². The second-order valence-corrected chi connectivity index (χ2v) is 8.74. The molecule has 0 saturated carbocycles. The van der Waals surface area contributed by atoms with Gasteiger partial charge in [0.05, 0.1) is 11.9 Å². The minimum absolute atomic E-state index is 0.215. The van der Waals surface area contributed by atoms with Crippen molar-refractivity contribution in [1.82, 2.24) is 21.0 Å².